The number of hydrogen-bond donors (Lipinski definition) is 2. The predicted octanol–water partition coefficient (Wildman–Crippen LogP) is 4.44. The smallest absolute Gasteiger partial charge is 0.398 e. The van der Waals surface area contributed by atoms with Gasteiger partial charge in [0, 0.05) is 23.0 Å². The first-order chi connectivity index (χ1) is 15.2. The van der Waals surface area contributed by atoms with Gasteiger partial charge >= 0.3 is 12.1 Å². The van der Waals surface area contributed by atoms with Crippen LogP contribution in [0.2, 0.25) is 0 Å². The lowest BCUT2D eigenvalue weighted by Crippen LogP contribution is -2.47. The van der Waals surface area contributed by atoms with Crippen molar-refractivity contribution in [2.45, 2.75) is 50.4 Å². The summed E-state index contributed by atoms with van der Waals surface area (Å²) in [6.07, 6.45) is 5.29. The zero-order valence-corrected chi connectivity index (χ0v) is 17.4. The number of terminal acetylenes is 1. The Hall–Kier alpha value is -3.47. The lowest BCUT2D eigenvalue weighted by Gasteiger charge is -2.33. The molecule has 5 nitrogen and oxygen atoms in total. The number of alkyl halides is 3. The fourth-order valence-electron chi connectivity index (χ4n) is 3.97. The van der Waals surface area contributed by atoms with Crippen molar-refractivity contribution in [3.8, 4) is 12.3 Å². The van der Waals surface area contributed by atoms with Gasteiger partial charge in [-0.05, 0) is 43.0 Å². The summed E-state index contributed by atoms with van der Waals surface area (Å²) in [5, 5.41) is 2.94. The van der Waals surface area contributed by atoms with Crippen LogP contribution in [0.3, 0.4) is 0 Å². The van der Waals surface area contributed by atoms with E-state index in [1.807, 2.05) is 5.92 Å². The van der Waals surface area contributed by atoms with Gasteiger partial charge in [-0.15, -0.1) is 6.42 Å². The van der Waals surface area contributed by atoms with Crippen molar-refractivity contribution in [1.82, 2.24) is 5.32 Å². The molecule has 0 spiro atoms. The maximum absolute atomic E-state index is 13.4. The van der Waals surface area contributed by atoms with Gasteiger partial charge in [0.15, 0.2) is 0 Å². The van der Waals surface area contributed by atoms with Crippen LogP contribution in [0.15, 0.2) is 48.5 Å². The predicted molar refractivity (Wildman–Crippen MR) is 116 cm³/mol. The summed E-state index contributed by atoms with van der Waals surface area (Å²) in [7, 11) is 0. The second-order valence-electron chi connectivity index (χ2n) is 7.74. The number of rotatable bonds is 5. The summed E-state index contributed by atoms with van der Waals surface area (Å²) in [5.41, 5.74) is 5.49. The van der Waals surface area contributed by atoms with Crippen molar-refractivity contribution < 1.29 is 22.8 Å². The Morgan fingerprint density at radius 2 is 1.78 bits per heavy atom. The van der Waals surface area contributed by atoms with E-state index in [1.165, 1.54) is 12.1 Å². The summed E-state index contributed by atoms with van der Waals surface area (Å²) < 4.78 is 40.0. The minimum atomic E-state index is -4.63. The van der Waals surface area contributed by atoms with Crippen LogP contribution >= 0.6 is 0 Å². The fourth-order valence-corrected chi connectivity index (χ4v) is 3.97. The van der Waals surface area contributed by atoms with Crippen LogP contribution in [0.5, 0.6) is 0 Å². The summed E-state index contributed by atoms with van der Waals surface area (Å²) in [6.45, 7) is 0. The molecule has 1 unspecified atom stereocenters. The first-order valence-corrected chi connectivity index (χ1v) is 10.3. The molecule has 3 rings (SSSR count). The molecule has 1 saturated carbocycles. The van der Waals surface area contributed by atoms with Crippen molar-refractivity contribution in [2.75, 3.05) is 10.6 Å². The van der Waals surface area contributed by atoms with Gasteiger partial charge in [-0.3, -0.25) is 14.5 Å². The number of nitrogens with zero attached hydrogens (tertiary/aromatic N) is 1. The van der Waals surface area contributed by atoms with E-state index >= 15 is 0 Å². The number of hydrogen-bond acceptors (Lipinski definition) is 3. The molecule has 1 aliphatic rings. The molecule has 1 aliphatic carbocycles. The Balaban J connectivity index is 2.10. The molecule has 2 aromatic rings. The zero-order valence-electron chi connectivity index (χ0n) is 17.4. The average molecular weight is 443 g/mol. The standard InChI is InChI=1S/C24H24F3N3O2/c1-2-21(31)30(18-12-8-9-16(15-18)24(25,26)27)22(19-13-6-7-14-20(19)28)23(32)29-17-10-4-3-5-11-17/h1,6-9,12-15,17,22H,3-5,10-11,28H2,(H,29,32). The summed E-state index contributed by atoms with van der Waals surface area (Å²) in [6, 6.07) is 9.16. The highest BCUT2D eigenvalue weighted by Crippen LogP contribution is 2.36. The molecule has 0 heterocycles. The Labute approximate surface area is 184 Å². The number of benzene rings is 2. The maximum atomic E-state index is 13.4. The number of para-hydroxylation sites is 1. The van der Waals surface area contributed by atoms with E-state index in [2.05, 4.69) is 5.32 Å². The van der Waals surface area contributed by atoms with Gasteiger partial charge in [0.25, 0.3) is 0 Å². The number of halogens is 3. The Bertz CT molecular complexity index is 1020. The van der Waals surface area contributed by atoms with Crippen molar-refractivity contribution in [3.05, 3.63) is 59.7 Å². The third-order valence-corrected chi connectivity index (χ3v) is 5.54. The van der Waals surface area contributed by atoms with Crippen molar-refractivity contribution >= 4 is 23.2 Å². The number of amides is 2. The SMILES string of the molecule is C#CC(=O)N(c1cccc(C(F)(F)F)c1)C(C(=O)NC1CCCCC1)c1ccccc1N. The number of nitrogen functional groups attached to an aromatic ring is 1. The highest BCUT2D eigenvalue weighted by atomic mass is 19.4. The molecule has 3 N–H and O–H groups in total. The summed E-state index contributed by atoms with van der Waals surface area (Å²) in [4.78, 5) is 27.1. The van der Waals surface area contributed by atoms with Crippen molar-refractivity contribution in [1.29, 1.82) is 0 Å². The van der Waals surface area contributed by atoms with Crippen molar-refractivity contribution in [2.24, 2.45) is 0 Å². The van der Waals surface area contributed by atoms with Crippen LogP contribution in [0.4, 0.5) is 24.5 Å². The van der Waals surface area contributed by atoms with E-state index in [0.29, 0.717) is 0 Å². The highest BCUT2D eigenvalue weighted by Gasteiger charge is 2.36. The minimum Gasteiger partial charge on any atom is -0.398 e. The first kappa shape index (κ1) is 23.2. The highest BCUT2D eigenvalue weighted by molar-refractivity contribution is 6.10. The maximum Gasteiger partial charge on any atom is 0.416 e. The Morgan fingerprint density at radius 3 is 2.41 bits per heavy atom. The summed E-state index contributed by atoms with van der Waals surface area (Å²) in [5.74, 6) is 0.442. The van der Waals surface area contributed by atoms with Gasteiger partial charge in [0.2, 0.25) is 5.91 Å². The third kappa shape index (κ3) is 5.22. The summed E-state index contributed by atoms with van der Waals surface area (Å²) >= 11 is 0. The number of anilines is 2. The van der Waals surface area contributed by atoms with E-state index in [-0.39, 0.29) is 23.0 Å². The number of nitrogens with one attached hydrogen (secondary N) is 1. The Morgan fingerprint density at radius 1 is 1.09 bits per heavy atom. The lowest BCUT2D eigenvalue weighted by atomic mass is 9.94. The molecule has 0 saturated heterocycles. The molecule has 0 aromatic heterocycles. The molecule has 2 aromatic carbocycles. The van der Waals surface area contributed by atoms with Gasteiger partial charge in [-0.1, -0.05) is 43.5 Å². The molecule has 1 atom stereocenters. The largest absolute Gasteiger partial charge is 0.416 e. The third-order valence-electron chi connectivity index (χ3n) is 5.54. The second kappa shape index (κ2) is 9.77. The molecular formula is C24H24F3N3O2. The monoisotopic (exact) mass is 443 g/mol. The molecule has 168 valence electrons. The normalized spacial score (nSPS) is 15.4. The minimum absolute atomic E-state index is 0.0898. The molecule has 1 fully saturated rings. The second-order valence-corrected chi connectivity index (χ2v) is 7.74. The molecule has 2 amide bonds. The molecule has 0 aliphatic heterocycles. The van der Waals surface area contributed by atoms with E-state index in [4.69, 9.17) is 12.2 Å². The van der Waals surface area contributed by atoms with E-state index in [9.17, 15) is 22.8 Å². The molecule has 0 radical (unpaired) electrons. The van der Waals surface area contributed by atoms with Crippen LogP contribution in [0.25, 0.3) is 0 Å². The number of nitrogens with two attached hydrogens (primary N) is 1. The van der Waals surface area contributed by atoms with E-state index in [0.717, 1.165) is 49.1 Å². The van der Waals surface area contributed by atoms with Crippen LogP contribution < -0.4 is 16.0 Å². The van der Waals surface area contributed by atoms with E-state index in [1.54, 1.807) is 24.3 Å². The molecular weight excluding hydrogens is 419 g/mol. The Kier molecular flexibility index (Phi) is 7.08. The molecule has 8 heteroatoms. The van der Waals surface area contributed by atoms with Gasteiger partial charge < -0.3 is 11.1 Å². The van der Waals surface area contributed by atoms with Crippen LogP contribution in [0.1, 0.15) is 49.3 Å². The fraction of sp³-hybridized carbons (Fsp3) is 0.333. The van der Waals surface area contributed by atoms with Gasteiger partial charge in [-0.25, -0.2) is 0 Å². The first-order valence-electron chi connectivity index (χ1n) is 10.3. The number of carbonyl (C=O) groups excluding carboxylic acids is 2. The van der Waals surface area contributed by atoms with Crippen LogP contribution in [-0.4, -0.2) is 17.9 Å². The van der Waals surface area contributed by atoms with Gasteiger partial charge in [-0.2, -0.15) is 13.2 Å². The quantitative estimate of drug-likeness (QED) is 0.530. The van der Waals surface area contributed by atoms with Crippen LogP contribution in [-0.2, 0) is 15.8 Å². The molecule has 32 heavy (non-hydrogen) atoms. The topological polar surface area (TPSA) is 75.4 Å². The van der Waals surface area contributed by atoms with Gasteiger partial charge in [0.05, 0.1) is 5.56 Å². The van der Waals surface area contributed by atoms with Gasteiger partial charge in [0.1, 0.15) is 6.04 Å². The lowest BCUT2D eigenvalue weighted by molar-refractivity contribution is -0.137. The number of carbonyl (C=O) groups is 2. The average Bonchev–Trinajstić information content (AvgIpc) is 2.77. The van der Waals surface area contributed by atoms with Crippen LogP contribution in [0, 0.1) is 12.3 Å². The van der Waals surface area contributed by atoms with Crippen molar-refractivity contribution in [3.63, 3.8) is 0 Å². The molecule has 0 bridgehead atoms. The van der Waals surface area contributed by atoms with E-state index < -0.39 is 29.6 Å². The zero-order chi connectivity index (χ0) is 23.3.